The van der Waals surface area contributed by atoms with Crippen LogP contribution in [0.5, 0.6) is 5.75 Å². The molecule has 0 spiro atoms. The highest BCUT2D eigenvalue weighted by Crippen LogP contribution is 2.36. The maximum Gasteiger partial charge on any atom is 0.323 e. The summed E-state index contributed by atoms with van der Waals surface area (Å²) in [6.45, 7) is 0. The van der Waals surface area contributed by atoms with Crippen molar-refractivity contribution in [3.63, 3.8) is 0 Å². The van der Waals surface area contributed by atoms with Gasteiger partial charge in [-0.3, -0.25) is 10.00 Å². The lowest BCUT2D eigenvalue weighted by molar-refractivity contribution is 0.256. The van der Waals surface area contributed by atoms with Gasteiger partial charge in [0.2, 0.25) is 0 Å². The van der Waals surface area contributed by atoms with Gasteiger partial charge in [0.1, 0.15) is 11.3 Å². The van der Waals surface area contributed by atoms with Crippen molar-refractivity contribution in [2.45, 2.75) is 0 Å². The summed E-state index contributed by atoms with van der Waals surface area (Å²) in [5.74, 6) is 0.390. The molecule has 0 aliphatic rings. The molecule has 3 aromatic carbocycles. The normalized spacial score (nSPS) is 10.8. The number of carbonyl (C=O) groups is 1. The molecule has 0 atom stereocenters. The Morgan fingerprint density at radius 1 is 0.963 bits per heavy atom. The average molecular weight is 359 g/mol. The third-order valence-corrected chi connectivity index (χ3v) is 4.40. The van der Waals surface area contributed by atoms with Gasteiger partial charge in [0.25, 0.3) is 0 Å². The maximum atomic E-state index is 12.0. The number of para-hydroxylation sites is 1. The minimum Gasteiger partial charge on any atom is -0.506 e. The number of hydrogen-bond acceptors (Lipinski definition) is 4. The van der Waals surface area contributed by atoms with E-state index in [-0.39, 0.29) is 5.75 Å². The summed E-state index contributed by atoms with van der Waals surface area (Å²) in [5.41, 5.74) is 15.0. The van der Waals surface area contributed by atoms with Gasteiger partial charge in [-0.05, 0) is 47.5 Å². The molecule has 0 aliphatic heterocycles. The monoisotopic (exact) mass is 359 g/mol. The average Bonchev–Trinajstić information content (AvgIpc) is 3.07. The number of hydrogen-bond donors (Lipinski definition) is 4. The van der Waals surface area contributed by atoms with E-state index >= 15 is 0 Å². The predicted molar refractivity (Wildman–Crippen MR) is 106 cm³/mol. The molecular weight excluding hydrogens is 342 g/mol. The zero-order valence-corrected chi connectivity index (χ0v) is 14.3. The predicted octanol–water partition coefficient (Wildman–Crippen LogP) is 3.73. The van der Waals surface area contributed by atoms with Crippen LogP contribution in [0, 0.1) is 0 Å². The molecule has 0 saturated carbocycles. The van der Waals surface area contributed by atoms with Gasteiger partial charge in [0.05, 0.1) is 16.8 Å². The molecule has 1 heterocycles. The van der Waals surface area contributed by atoms with E-state index in [1.807, 2.05) is 54.6 Å². The van der Waals surface area contributed by atoms with Crippen LogP contribution in [0.4, 0.5) is 22.0 Å². The van der Waals surface area contributed by atoms with Crippen LogP contribution in [0.25, 0.3) is 22.0 Å². The van der Waals surface area contributed by atoms with Gasteiger partial charge in [-0.1, -0.05) is 30.3 Å². The molecule has 1 aromatic heterocycles. The molecule has 0 unspecified atom stereocenters. The Morgan fingerprint density at radius 3 is 2.30 bits per heavy atom. The summed E-state index contributed by atoms with van der Waals surface area (Å²) in [7, 11) is 0. The molecule has 4 aromatic rings. The fourth-order valence-corrected chi connectivity index (χ4v) is 3.15. The van der Waals surface area contributed by atoms with Gasteiger partial charge in [0, 0.05) is 0 Å². The van der Waals surface area contributed by atoms with Crippen molar-refractivity contribution < 1.29 is 9.90 Å². The van der Waals surface area contributed by atoms with Crippen LogP contribution >= 0.6 is 0 Å². The smallest absolute Gasteiger partial charge is 0.323 e. The Hall–Kier alpha value is -4.00. The number of phenols is 1. The quantitative estimate of drug-likeness (QED) is 0.445. The van der Waals surface area contributed by atoms with Crippen molar-refractivity contribution in [3.8, 4) is 16.9 Å². The number of urea groups is 1. The molecule has 0 fully saturated rings. The maximum absolute atomic E-state index is 12.0. The highest BCUT2D eigenvalue weighted by molar-refractivity contribution is 6.04. The van der Waals surface area contributed by atoms with E-state index in [2.05, 4.69) is 10.2 Å². The van der Waals surface area contributed by atoms with Gasteiger partial charge in [-0.2, -0.15) is 5.10 Å². The first-order valence-electron chi connectivity index (χ1n) is 8.27. The van der Waals surface area contributed by atoms with Crippen LogP contribution in [0.1, 0.15) is 0 Å². The summed E-state index contributed by atoms with van der Waals surface area (Å²) in [5, 5.41) is 17.3. The fraction of sp³-hybridized carbons (Fsp3) is 0. The third kappa shape index (κ3) is 2.81. The number of phenolic OH excluding ortho intramolecular Hbond substituents is 1. The second kappa shape index (κ2) is 6.38. The molecule has 7 nitrogen and oxygen atoms in total. The number of nitrogens with two attached hydrogens (primary N) is 2. The Morgan fingerprint density at radius 2 is 1.63 bits per heavy atom. The van der Waals surface area contributed by atoms with Crippen molar-refractivity contribution in [3.05, 3.63) is 66.7 Å². The van der Waals surface area contributed by atoms with E-state index in [1.165, 1.54) is 4.90 Å². The Bertz CT molecular complexity index is 1120. The molecule has 0 radical (unpaired) electrons. The molecule has 27 heavy (non-hydrogen) atoms. The van der Waals surface area contributed by atoms with Crippen LogP contribution in [0.15, 0.2) is 66.7 Å². The second-order valence-corrected chi connectivity index (χ2v) is 6.05. The van der Waals surface area contributed by atoms with Crippen LogP contribution in [-0.4, -0.2) is 21.3 Å². The summed E-state index contributed by atoms with van der Waals surface area (Å²) in [6.07, 6.45) is 0. The number of aromatic amines is 1. The van der Waals surface area contributed by atoms with E-state index in [9.17, 15) is 9.90 Å². The molecule has 2 amide bonds. The number of anilines is 3. The number of nitrogens with one attached hydrogen (secondary N) is 1. The largest absolute Gasteiger partial charge is 0.506 e. The standard InChI is InChI=1S/C20H17N5O2/c21-19-17-15(10-11-16(26)18(17)23-24-19)12-6-8-14(9-7-12)25(20(22)27)13-4-2-1-3-5-13/h1-11,26H,(H2,22,27)(H3,21,23,24). The Kier molecular flexibility index (Phi) is 3.89. The number of fused-ring (bicyclic) bond motifs is 1. The molecular formula is C20H17N5O2. The summed E-state index contributed by atoms with van der Waals surface area (Å²) in [6, 6.07) is 19.3. The molecule has 134 valence electrons. The number of aromatic nitrogens is 2. The number of nitrogen functional groups attached to an aromatic ring is 1. The van der Waals surface area contributed by atoms with E-state index in [0.29, 0.717) is 28.1 Å². The van der Waals surface area contributed by atoms with Crippen molar-refractivity contribution >= 4 is 34.1 Å². The third-order valence-electron chi connectivity index (χ3n) is 4.40. The van der Waals surface area contributed by atoms with E-state index in [0.717, 1.165) is 11.1 Å². The number of carbonyl (C=O) groups excluding carboxylic acids is 1. The van der Waals surface area contributed by atoms with E-state index < -0.39 is 6.03 Å². The van der Waals surface area contributed by atoms with Crippen LogP contribution in [-0.2, 0) is 0 Å². The second-order valence-electron chi connectivity index (χ2n) is 6.05. The number of benzene rings is 3. The number of amides is 2. The van der Waals surface area contributed by atoms with E-state index in [1.54, 1.807) is 12.1 Å². The van der Waals surface area contributed by atoms with Crippen molar-refractivity contribution in [1.29, 1.82) is 0 Å². The summed E-state index contributed by atoms with van der Waals surface area (Å²) >= 11 is 0. The first-order chi connectivity index (χ1) is 13.1. The number of aromatic hydroxyl groups is 1. The highest BCUT2D eigenvalue weighted by Gasteiger charge is 2.16. The van der Waals surface area contributed by atoms with Gasteiger partial charge in [-0.25, -0.2) is 4.79 Å². The van der Waals surface area contributed by atoms with Crippen molar-refractivity contribution in [2.24, 2.45) is 5.73 Å². The van der Waals surface area contributed by atoms with Gasteiger partial charge in [-0.15, -0.1) is 0 Å². The number of rotatable bonds is 3. The zero-order valence-electron chi connectivity index (χ0n) is 14.3. The number of H-pyrrole nitrogens is 1. The topological polar surface area (TPSA) is 121 Å². The molecule has 0 aliphatic carbocycles. The number of primary amides is 1. The first-order valence-corrected chi connectivity index (χ1v) is 8.27. The first kappa shape index (κ1) is 16.5. The fourth-order valence-electron chi connectivity index (χ4n) is 3.15. The lowest BCUT2D eigenvalue weighted by Gasteiger charge is -2.21. The minimum atomic E-state index is -0.569. The van der Waals surface area contributed by atoms with Gasteiger partial charge in [0.15, 0.2) is 5.82 Å². The molecule has 0 bridgehead atoms. The summed E-state index contributed by atoms with van der Waals surface area (Å²) < 4.78 is 0. The van der Waals surface area contributed by atoms with Crippen molar-refractivity contribution in [1.82, 2.24) is 10.2 Å². The van der Waals surface area contributed by atoms with Crippen LogP contribution < -0.4 is 16.4 Å². The lowest BCUT2D eigenvalue weighted by Crippen LogP contribution is -2.31. The van der Waals surface area contributed by atoms with Crippen LogP contribution in [0.2, 0.25) is 0 Å². The lowest BCUT2D eigenvalue weighted by atomic mass is 10.0. The molecule has 0 saturated heterocycles. The SMILES string of the molecule is NC(=O)N(c1ccccc1)c1ccc(-c2ccc(O)c3[nH]nc(N)c23)cc1. The van der Waals surface area contributed by atoms with Crippen molar-refractivity contribution in [2.75, 3.05) is 10.6 Å². The number of nitrogens with zero attached hydrogens (tertiary/aromatic N) is 2. The van der Waals surface area contributed by atoms with Gasteiger partial charge >= 0.3 is 6.03 Å². The van der Waals surface area contributed by atoms with Crippen LogP contribution in [0.3, 0.4) is 0 Å². The van der Waals surface area contributed by atoms with E-state index in [4.69, 9.17) is 11.5 Å². The van der Waals surface area contributed by atoms with Gasteiger partial charge < -0.3 is 16.6 Å². The minimum absolute atomic E-state index is 0.0820. The Balaban J connectivity index is 1.78. The zero-order chi connectivity index (χ0) is 19.0. The Labute approximate surface area is 154 Å². The highest BCUT2D eigenvalue weighted by atomic mass is 16.3. The molecule has 4 rings (SSSR count). The molecule has 7 heteroatoms. The summed E-state index contributed by atoms with van der Waals surface area (Å²) in [4.78, 5) is 13.4. The molecule has 6 N–H and O–H groups in total.